The first-order valence-electron chi connectivity index (χ1n) is 5.87. The molecule has 0 atom stereocenters. The zero-order chi connectivity index (χ0) is 15.4. The molecule has 20 heavy (non-hydrogen) atoms. The molecule has 0 saturated heterocycles. The van der Waals surface area contributed by atoms with E-state index in [9.17, 15) is 21.6 Å². The molecule has 2 N–H and O–H groups in total. The third-order valence-electron chi connectivity index (χ3n) is 2.68. The molecule has 0 aliphatic carbocycles. The number of benzene rings is 1. The highest BCUT2D eigenvalue weighted by molar-refractivity contribution is 7.91. The normalized spacial score (nSPS) is 12.6. The molecule has 0 bridgehead atoms. The van der Waals surface area contributed by atoms with Gasteiger partial charge in [0.05, 0.1) is 21.9 Å². The lowest BCUT2D eigenvalue weighted by Gasteiger charge is -2.11. The minimum absolute atomic E-state index is 0.175. The molecule has 114 valence electrons. The van der Waals surface area contributed by atoms with Crippen LogP contribution in [0.25, 0.3) is 0 Å². The maximum atomic E-state index is 12.5. The molecule has 0 saturated carbocycles. The summed E-state index contributed by atoms with van der Waals surface area (Å²) in [5.74, 6) is -0.175. The topological polar surface area (TPSA) is 69.4 Å². The van der Waals surface area contributed by atoms with E-state index >= 15 is 0 Å². The van der Waals surface area contributed by atoms with Crippen molar-refractivity contribution >= 4 is 15.5 Å². The zero-order valence-corrected chi connectivity index (χ0v) is 11.7. The van der Waals surface area contributed by atoms with Crippen LogP contribution in [0.3, 0.4) is 0 Å². The molecule has 1 aromatic rings. The molecule has 0 amide bonds. The van der Waals surface area contributed by atoms with E-state index in [1.807, 2.05) is 0 Å². The summed E-state index contributed by atoms with van der Waals surface area (Å²) in [7, 11) is -2.18. The molecule has 8 heteroatoms. The fourth-order valence-corrected chi connectivity index (χ4v) is 3.15. The minimum Gasteiger partial charge on any atom is -0.398 e. The Morgan fingerprint density at radius 3 is 2.40 bits per heavy atom. The van der Waals surface area contributed by atoms with Crippen LogP contribution in [-0.2, 0) is 20.8 Å². The maximum Gasteiger partial charge on any atom is 0.416 e. The fraction of sp³-hybridized carbons (Fsp3) is 0.500. The van der Waals surface area contributed by atoms with E-state index in [1.165, 1.54) is 7.11 Å². The van der Waals surface area contributed by atoms with Gasteiger partial charge in [-0.15, -0.1) is 0 Å². The van der Waals surface area contributed by atoms with Crippen molar-refractivity contribution in [2.75, 3.05) is 25.2 Å². The van der Waals surface area contributed by atoms with Crippen LogP contribution < -0.4 is 5.73 Å². The zero-order valence-electron chi connectivity index (χ0n) is 10.9. The van der Waals surface area contributed by atoms with Crippen LogP contribution >= 0.6 is 0 Å². The number of alkyl halides is 3. The molecule has 0 spiro atoms. The summed E-state index contributed by atoms with van der Waals surface area (Å²) in [5, 5.41) is 0. The molecule has 0 unspecified atom stereocenters. The highest BCUT2D eigenvalue weighted by Gasteiger charge is 2.31. The molecule has 0 aliphatic heterocycles. The Balaban J connectivity index is 2.91. The van der Waals surface area contributed by atoms with E-state index in [-0.39, 0.29) is 16.3 Å². The first kappa shape index (κ1) is 16.8. The lowest BCUT2D eigenvalue weighted by molar-refractivity contribution is -0.137. The van der Waals surface area contributed by atoms with E-state index in [4.69, 9.17) is 10.5 Å². The third kappa shape index (κ3) is 4.38. The molecule has 0 radical (unpaired) electrons. The van der Waals surface area contributed by atoms with Crippen LogP contribution in [0, 0.1) is 0 Å². The quantitative estimate of drug-likeness (QED) is 0.647. The van der Waals surface area contributed by atoms with Crippen molar-refractivity contribution in [3.05, 3.63) is 23.8 Å². The van der Waals surface area contributed by atoms with Crippen molar-refractivity contribution in [1.29, 1.82) is 0 Å². The largest absolute Gasteiger partial charge is 0.416 e. The van der Waals surface area contributed by atoms with Crippen LogP contribution in [-0.4, -0.2) is 27.9 Å². The predicted molar refractivity (Wildman–Crippen MR) is 69.0 cm³/mol. The molecule has 1 aromatic carbocycles. The van der Waals surface area contributed by atoms with Crippen molar-refractivity contribution in [3.8, 4) is 0 Å². The van der Waals surface area contributed by atoms with Gasteiger partial charge in [0, 0.05) is 13.7 Å². The van der Waals surface area contributed by atoms with Crippen LogP contribution in [0.15, 0.2) is 23.1 Å². The van der Waals surface area contributed by atoms with Gasteiger partial charge in [0.15, 0.2) is 9.84 Å². The molecular formula is C12H16F3NO3S. The molecular weight excluding hydrogens is 295 g/mol. The maximum absolute atomic E-state index is 12.5. The van der Waals surface area contributed by atoms with E-state index in [1.54, 1.807) is 0 Å². The summed E-state index contributed by atoms with van der Waals surface area (Å²) >= 11 is 0. The average Bonchev–Trinajstić information content (AvgIpc) is 2.33. The fourth-order valence-electron chi connectivity index (χ4n) is 1.66. The van der Waals surface area contributed by atoms with Gasteiger partial charge >= 0.3 is 6.18 Å². The minimum atomic E-state index is -4.55. The van der Waals surface area contributed by atoms with Crippen molar-refractivity contribution in [3.63, 3.8) is 0 Å². The second-order valence-corrected chi connectivity index (χ2v) is 6.35. The monoisotopic (exact) mass is 311 g/mol. The Bertz CT molecular complexity index is 556. The Morgan fingerprint density at radius 2 is 1.90 bits per heavy atom. The number of sulfone groups is 1. The highest BCUT2D eigenvalue weighted by Crippen LogP contribution is 2.32. The number of rotatable bonds is 6. The van der Waals surface area contributed by atoms with Crippen molar-refractivity contribution < 1.29 is 26.3 Å². The Morgan fingerprint density at radius 1 is 1.25 bits per heavy atom. The molecule has 0 aliphatic rings. The number of ether oxygens (including phenoxy) is 1. The number of halogens is 3. The number of hydrogen-bond donors (Lipinski definition) is 1. The smallest absolute Gasteiger partial charge is 0.398 e. The number of hydrogen-bond acceptors (Lipinski definition) is 4. The van der Waals surface area contributed by atoms with Crippen LogP contribution in [0.1, 0.15) is 18.4 Å². The summed E-state index contributed by atoms with van der Waals surface area (Å²) in [6, 6.07) is 2.27. The van der Waals surface area contributed by atoms with Gasteiger partial charge in [-0.3, -0.25) is 0 Å². The lowest BCUT2D eigenvalue weighted by Crippen LogP contribution is -2.12. The lowest BCUT2D eigenvalue weighted by atomic mass is 10.2. The van der Waals surface area contributed by atoms with Crippen molar-refractivity contribution in [2.24, 2.45) is 0 Å². The number of nitrogens with two attached hydrogens (primary N) is 1. The second kappa shape index (κ2) is 6.45. The van der Waals surface area contributed by atoms with E-state index in [0.29, 0.717) is 25.5 Å². The van der Waals surface area contributed by atoms with Gasteiger partial charge in [-0.05, 0) is 31.0 Å². The van der Waals surface area contributed by atoms with Gasteiger partial charge < -0.3 is 10.5 Å². The first-order chi connectivity index (χ1) is 9.18. The van der Waals surface area contributed by atoms with Gasteiger partial charge in [0.1, 0.15) is 0 Å². The van der Waals surface area contributed by atoms with Crippen LogP contribution in [0.5, 0.6) is 0 Å². The summed E-state index contributed by atoms with van der Waals surface area (Å²) in [6.07, 6.45) is -3.64. The number of anilines is 1. The summed E-state index contributed by atoms with van der Waals surface area (Å²) < 4.78 is 66.1. The summed E-state index contributed by atoms with van der Waals surface area (Å²) in [4.78, 5) is -0.261. The second-order valence-electron chi connectivity index (χ2n) is 4.27. The Hall–Kier alpha value is -1.28. The number of unbranched alkanes of at least 4 members (excludes halogenated alkanes) is 1. The molecule has 1 rings (SSSR count). The molecule has 4 nitrogen and oxygen atoms in total. The number of nitrogen functional groups attached to an aromatic ring is 1. The Labute approximate surface area is 115 Å². The van der Waals surface area contributed by atoms with E-state index in [0.717, 1.165) is 12.1 Å². The van der Waals surface area contributed by atoms with Gasteiger partial charge in [0.2, 0.25) is 0 Å². The summed E-state index contributed by atoms with van der Waals surface area (Å²) in [6.45, 7) is 0.429. The van der Waals surface area contributed by atoms with Gasteiger partial charge in [-0.25, -0.2) is 8.42 Å². The van der Waals surface area contributed by atoms with Crippen molar-refractivity contribution in [1.82, 2.24) is 0 Å². The summed E-state index contributed by atoms with van der Waals surface area (Å²) in [5.41, 5.74) is 4.08. The SMILES string of the molecule is COCCCCS(=O)(=O)c1ccc(C(F)(F)F)cc1N. The van der Waals surface area contributed by atoms with Crippen LogP contribution in [0.2, 0.25) is 0 Å². The molecule has 0 aromatic heterocycles. The van der Waals surface area contributed by atoms with Crippen LogP contribution in [0.4, 0.5) is 18.9 Å². The van der Waals surface area contributed by atoms with E-state index in [2.05, 4.69) is 0 Å². The average molecular weight is 311 g/mol. The molecule has 0 heterocycles. The van der Waals surface area contributed by atoms with Gasteiger partial charge in [-0.1, -0.05) is 0 Å². The number of methoxy groups -OCH3 is 1. The van der Waals surface area contributed by atoms with Gasteiger partial charge in [0.25, 0.3) is 0 Å². The molecule has 0 fully saturated rings. The van der Waals surface area contributed by atoms with Crippen molar-refractivity contribution in [2.45, 2.75) is 23.9 Å². The highest BCUT2D eigenvalue weighted by atomic mass is 32.2. The Kier molecular flexibility index (Phi) is 5.41. The van der Waals surface area contributed by atoms with Gasteiger partial charge in [-0.2, -0.15) is 13.2 Å². The predicted octanol–water partition coefficient (Wildman–Crippen LogP) is 2.49. The van der Waals surface area contributed by atoms with E-state index < -0.39 is 21.6 Å². The standard InChI is InChI=1S/C12H16F3NO3S/c1-19-6-2-3-7-20(17,18)11-5-4-9(8-10(11)16)12(13,14)15/h4-5,8H,2-3,6-7,16H2,1H3. The first-order valence-corrected chi connectivity index (χ1v) is 7.52. The third-order valence-corrected chi connectivity index (χ3v) is 4.55.